The number of phenols is 3. The average molecular weight is 553 g/mol. The molecule has 8 nitrogen and oxygen atoms in total. The van der Waals surface area contributed by atoms with E-state index in [1.165, 1.54) is 13.2 Å². The van der Waals surface area contributed by atoms with E-state index in [1.807, 2.05) is 6.92 Å². The molecular formula is C33H32N2O6. The van der Waals surface area contributed by atoms with Gasteiger partial charge < -0.3 is 30.3 Å². The molecule has 0 saturated heterocycles. The lowest BCUT2D eigenvalue weighted by Crippen LogP contribution is -2.51. The molecule has 6 N–H and O–H groups in total. The van der Waals surface area contributed by atoms with Crippen LogP contribution >= 0.6 is 0 Å². The smallest absolute Gasteiger partial charge is 0.169 e. The maximum absolute atomic E-state index is 11.6. The molecule has 1 unspecified atom stereocenters. The van der Waals surface area contributed by atoms with Gasteiger partial charge in [-0.3, -0.25) is 10.3 Å². The summed E-state index contributed by atoms with van der Waals surface area (Å²) in [4.78, 5) is 5.37. The minimum absolute atomic E-state index is 0.0834. The number of ether oxygens (including phenoxy) is 1. The molecule has 1 fully saturated rings. The van der Waals surface area contributed by atoms with Crippen LogP contribution in [0.2, 0.25) is 0 Å². The van der Waals surface area contributed by atoms with Gasteiger partial charge in [0.05, 0.1) is 43.5 Å². The van der Waals surface area contributed by atoms with Gasteiger partial charge in [0.15, 0.2) is 11.5 Å². The van der Waals surface area contributed by atoms with E-state index in [9.17, 15) is 25.5 Å². The Morgan fingerprint density at radius 2 is 1.61 bits per heavy atom. The van der Waals surface area contributed by atoms with Gasteiger partial charge in [-0.25, -0.2) is 0 Å². The Kier molecular flexibility index (Phi) is 5.21. The summed E-state index contributed by atoms with van der Waals surface area (Å²) < 4.78 is 5.80. The lowest BCUT2D eigenvalue weighted by atomic mass is 9.76. The van der Waals surface area contributed by atoms with Crippen molar-refractivity contribution in [3.63, 3.8) is 0 Å². The maximum Gasteiger partial charge on any atom is 0.169 e. The first kappa shape index (κ1) is 24.9. The van der Waals surface area contributed by atoms with Crippen LogP contribution in [0.25, 0.3) is 37.9 Å². The fraction of sp³-hybridized carbons (Fsp3) is 0.364. The number of methoxy groups -OCH3 is 1. The topological polar surface area (TPSA) is 135 Å². The molecular weight excluding hydrogens is 520 g/mol. The number of aliphatic hydroxyl groups excluding tert-OH is 2. The summed E-state index contributed by atoms with van der Waals surface area (Å²) in [6.45, 7) is 1.35. The van der Waals surface area contributed by atoms with Crippen molar-refractivity contribution in [3.8, 4) is 23.0 Å². The number of aromatic hydroxyl groups is 3. The third-order valence-electron chi connectivity index (χ3n) is 9.76. The van der Waals surface area contributed by atoms with E-state index in [4.69, 9.17) is 9.73 Å². The van der Waals surface area contributed by atoms with E-state index in [2.05, 4.69) is 11.4 Å². The number of rotatable bonds is 3. The van der Waals surface area contributed by atoms with Gasteiger partial charge in [-0.2, -0.15) is 0 Å². The fourth-order valence-electron chi connectivity index (χ4n) is 8.20. The number of hydrogen-bond donors (Lipinski definition) is 6. The van der Waals surface area contributed by atoms with E-state index in [-0.39, 0.29) is 59.7 Å². The minimum atomic E-state index is -0.359. The van der Waals surface area contributed by atoms with Crippen molar-refractivity contribution in [3.05, 3.63) is 51.3 Å². The maximum atomic E-state index is 11.6. The summed E-state index contributed by atoms with van der Waals surface area (Å²) in [5, 5.41) is 64.0. The number of fused-ring (bicyclic) bond motifs is 5. The first-order valence-electron chi connectivity index (χ1n) is 14.3. The monoisotopic (exact) mass is 552 g/mol. The third-order valence-corrected chi connectivity index (χ3v) is 9.76. The Bertz CT molecular complexity index is 1970. The molecule has 1 aliphatic heterocycles. The lowest BCUT2D eigenvalue weighted by molar-refractivity contribution is 0.281. The Morgan fingerprint density at radius 1 is 0.902 bits per heavy atom. The Labute approximate surface area is 235 Å². The highest BCUT2D eigenvalue weighted by atomic mass is 16.5. The highest BCUT2D eigenvalue weighted by Crippen LogP contribution is 2.53. The molecule has 0 radical (unpaired) electrons. The summed E-state index contributed by atoms with van der Waals surface area (Å²) in [5.41, 5.74) is 5.35. The summed E-state index contributed by atoms with van der Waals surface area (Å²) in [6.07, 6.45) is 6.95. The first-order valence-corrected chi connectivity index (χ1v) is 14.3. The summed E-state index contributed by atoms with van der Waals surface area (Å²) in [5.74, 6) is 0.0495. The molecule has 4 aromatic rings. The van der Waals surface area contributed by atoms with Crippen molar-refractivity contribution >= 4 is 43.6 Å². The van der Waals surface area contributed by atoms with Gasteiger partial charge in [0, 0.05) is 38.7 Å². The van der Waals surface area contributed by atoms with Gasteiger partial charge in [-0.05, 0) is 65.6 Å². The third kappa shape index (κ3) is 3.07. The highest BCUT2D eigenvalue weighted by Gasteiger charge is 2.41. The highest BCUT2D eigenvalue weighted by molar-refractivity contribution is 6.35. The zero-order valence-corrected chi connectivity index (χ0v) is 23.0. The molecule has 3 aliphatic carbocycles. The van der Waals surface area contributed by atoms with Gasteiger partial charge in [0.25, 0.3) is 0 Å². The molecule has 4 aliphatic rings. The van der Waals surface area contributed by atoms with Gasteiger partial charge >= 0.3 is 0 Å². The van der Waals surface area contributed by atoms with Gasteiger partial charge in [0.2, 0.25) is 0 Å². The standard InChI is InChI=1S/C33H32N2O6/c1-13-7-16-24-25-17(8-13)33(41-2)32(40)27-21(39)10-15(12-37)23(29(25)27)22-14(11-36)9-20(38)26(28(22)24)31-30(16)34-18-5-3-4-6-19(18)35-31/h7,9-10,18-19,31,35-40H,3-6,8,11-12H2,1-2H3/t18-,19+,31?/m1/s1. The van der Waals surface area contributed by atoms with Crippen LogP contribution in [0, 0.1) is 0 Å². The molecule has 0 aromatic heterocycles. The number of aliphatic imine (C=N–C) groups is 1. The molecule has 210 valence electrons. The van der Waals surface area contributed by atoms with Crippen LogP contribution in [0.15, 0.2) is 28.8 Å². The second-order valence-electron chi connectivity index (χ2n) is 12.0. The van der Waals surface area contributed by atoms with Crippen LogP contribution in [0.5, 0.6) is 23.0 Å². The molecule has 0 amide bonds. The molecule has 4 aromatic carbocycles. The largest absolute Gasteiger partial charge is 0.508 e. The summed E-state index contributed by atoms with van der Waals surface area (Å²) in [7, 11) is 1.51. The Hall–Kier alpha value is -3.85. The van der Waals surface area contributed by atoms with Gasteiger partial charge in [0.1, 0.15) is 11.5 Å². The van der Waals surface area contributed by atoms with Crippen molar-refractivity contribution in [1.82, 2.24) is 5.32 Å². The number of hydrogen-bond acceptors (Lipinski definition) is 8. The van der Waals surface area contributed by atoms with Crippen LogP contribution in [0.1, 0.15) is 60.9 Å². The second-order valence-corrected chi connectivity index (χ2v) is 12.0. The molecule has 1 saturated carbocycles. The molecule has 8 rings (SSSR count). The van der Waals surface area contributed by atoms with Gasteiger partial charge in [-0.1, -0.05) is 24.5 Å². The molecule has 0 bridgehead atoms. The first-order chi connectivity index (χ1) is 19.9. The van der Waals surface area contributed by atoms with Crippen molar-refractivity contribution in [2.75, 3.05) is 7.11 Å². The number of nitrogens with one attached hydrogen (secondary N) is 1. The summed E-state index contributed by atoms with van der Waals surface area (Å²) >= 11 is 0. The quantitative estimate of drug-likeness (QED) is 0.167. The SMILES string of the molecule is COc1c(O)c2c(O)cc(CO)c3c4c(CO)cc(O)c5c4c4c(c1CC(C)=CC=4C1=N[C@@H]4CCCC[C@@H]4NC15)c23. The van der Waals surface area contributed by atoms with Crippen LogP contribution in [-0.2, 0) is 19.6 Å². The molecule has 3 atom stereocenters. The van der Waals surface area contributed by atoms with E-state index in [0.717, 1.165) is 64.1 Å². The number of benzene rings is 4. The number of nitrogens with zero attached hydrogens (tertiary/aromatic N) is 1. The van der Waals surface area contributed by atoms with Gasteiger partial charge in [-0.15, -0.1) is 0 Å². The van der Waals surface area contributed by atoms with E-state index >= 15 is 0 Å². The molecule has 1 heterocycles. The Morgan fingerprint density at radius 3 is 2.34 bits per heavy atom. The van der Waals surface area contributed by atoms with Crippen LogP contribution in [0.3, 0.4) is 0 Å². The molecule has 8 heteroatoms. The lowest BCUT2D eigenvalue weighted by Gasteiger charge is -2.41. The van der Waals surface area contributed by atoms with Crippen LogP contribution < -0.4 is 15.3 Å². The predicted molar refractivity (Wildman–Crippen MR) is 158 cm³/mol. The van der Waals surface area contributed by atoms with E-state index in [1.54, 1.807) is 6.07 Å². The average Bonchev–Trinajstić information content (AvgIpc) is 3.12. The predicted octanol–water partition coefficient (Wildman–Crippen LogP) is 4.04. The number of phenolic OH excluding ortho intramolecular Hbond substituents is 3. The van der Waals surface area contributed by atoms with Crippen molar-refractivity contribution in [2.24, 2.45) is 4.99 Å². The molecule has 0 spiro atoms. The normalized spacial score (nSPS) is 23.0. The summed E-state index contributed by atoms with van der Waals surface area (Å²) in [6, 6.07) is 3.10. The van der Waals surface area contributed by atoms with Crippen LogP contribution in [-0.4, -0.2) is 50.4 Å². The fourth-order valence-corrected chi connectivity index (χ4v) is 8.20. The zero-order chi connectivity index (χ0) is 28.3. The Balaban J connectivity index is 1.74. The zero-order valence-electron chi connectivity index (χ0n) is 23.0. The van der Waals surface area contributed by atoms with E-state index in [0.29, 0.717) is 39.3 Å². The van der Waals surface area contributed by atoms with Crippen molar-refractivity contribution < 1.29 is 30.3 Å². The van der Waals surface area contributed by atoms with Crippen LogP contribution in [0.4, 0.5) is 0 Å². The van der Waals surface area contributed by atoms with E-state index < -0.39 is 0 Å². The number of aliphatic hydroxyl groups is 2. The molecule has 41 heavy (non-hydrogen) atoms. The van der Waals surface area contributed by atoms with Crippen molar-refractivity contribution in [2.45, 2.75) is 70.4 Å². The minimum Gasteiger partial charge on any atom is -0.508 e. The second kappa shape index (κ2) is 8.58. The van der Waals surface area contributed by atoms with Crippen molar-refractivity contribution in [1.29, 1.82) is 0 Å². The number of allylic oxidation sites excluding steroid dienone is 2.